The summed E-state index contributed by atoms with van der Waals surface area (Å²) in [6.45, 7) is 2.68. The lowest BCUT2D eigenvalue weighted by Crippen LogP contribution is -2.00. The largest absolute Gasteiger partial charge is 0.368 e. The highest BCUT2D eigenvalue weighted by Gasteiger charge is 2.11. The summed E-state index contributed by atoms with van der Waals surface area (Å²) >= 11 is 0. The molecule has 136 valence electrons. The maximum absolute atomic E-state index is 9.11. The molecule has 0 aliphatic rings. The molecule has 0 saturated heterocycles. The number of anilines is 1. The van der Waals surface area contributed by atoms with E-state index in [1.807, 2.05) is 24.4 Å². The van der Waals surface area contributed by atoms with Crippen molar-refractivity contribution in [3.63, 3.8) is 0 Å². The fraction of sp³-hybridized carbons (Fsp3) is 0.0952. The van der Waals surface area contributed by atoms with Crippen molar-refractivity contribution in [2.45, 2.75) is 13.5 Å². The normalized spacial score (nSPS) is 10.6. The van der Waals surface area contributed by atoms with Crippen molar-refractivity contribution in [1.82, 2.24) is 25.0 Å². The average Bonchev–Trinajstić information content (AvgIpc) is 3.16. The third kappa shape index (κ3) is 3.71. The molecule has 0 aliphatic heterocycles. The van der Waals surface area contributed by atoms with Crippen LogP contribution in [0, 0.1) is 18.3 Å². The molecule has 0 bridgehead atoms. The Kier molecular flexibility index (Phi) is 4.52. The zero-order valence-electron chi connectivity index (χ0n) is 15.2. The summed E-state index contributed by atoms with van der Waals surface area (Å²) < 4.78 is 1.76. The minimum atomic E-state index is 0.142. The van der Waals surface area contributed by atoms with Crippen LogP contribution >= 0.6 is 0 Å². The molecule has 7 nitrogen and oxygen atoms in total. The maximum atomic E-state index is 9.11. The molecular weight excluding hydrogens is 350 g/mol. The Labute approximate surface area is 162 Å². The van der Waals surface area contributed by atoms with Gasteiger partial charge in [-0.25, -0.2) is 14.6 Å². The maximum Gasteiger partial charge on any atom is 0.221 e. The van der Waals surface area contributed by atoms with Crippen LogP contribution in [0.1, 0.15) is 16.7 Å². The summed E-state index contributed by atoms with van der Waals surface area (Å²) in [6, 6.07) is 19.4. The van der Waals surface area contributed by atoms with Crippen molar-refractivity contribution in [1.29, 1.82) is 5.26 Å². The van der Waals surface area contributed by atoms with Crippen molar-refractivity contribution in [2.75, 3.05) is 5.73 Å². The molecule has 7 heteroatoms. The van der Waals surface area contributed by atoms with E-state index in [9.17, 15) is 0 Å². The molecular formula is C21H17N7. The van der Waals surface area contributed by atoms with E-state index in [1.54, 1.807) is 22.9 Å². The van der Waals surface area contributed by atoms with Gasteiger partial charge in [-0.3, -0.25) is 0 Å². The molecule has 0 radical (unpaired) electrons. The molecule has 2 heterocycles. The molecule has 0 atom stereocenters. The first-order chi connectivity index (χ1) is 13.6. The number of hydrogen-bond donors (Lipinski definition) is 1. The van der Waals surface area contributed by atoms with Gasteiger partial charge in [-0.2, -0.15) is 5.26 Å². The quantitative estimate of drug-likeness (QED) is 0.593. The molecule has 4 aromatic rings. The molecule has 0 saturated carbocycles. The van der Waals surface area contributed by atoms with Gasteiger partial charge in [-0.15, -0.1) is 5.10 Å². The van der Waals surface area contributed by atoms with E-state index in [4.69, 9.17) is 11.0 Å². The third-order valence-electron chi connectivity index (χ3n) is 4.26. The molecule has 2 N–H and O–H groups in total. The Morgan fingerprint density at radius 1 is 1.00 bits per heavy atom. The minimum absolute atomic E-state index is 0.142. The van der Waals surface area contributed by atoms with Crippen LogP contribution in [0.5, 0.6) is 0 Å². The highest BCUT2D eigenvalue weighted by Crippen LogP contribution is 2.24. The van der Waals surface area contributed by atoms with Crippen LogP contribution in [0.4, 0.5) is 5.95 Å². The number of benzene rings is 2. The number of nitrogens with two attached hydrogens (primary N) is 1. The molecule has 0 fully saturated rings. The minimum Gasteiger partial charge on any atom is -0.368 e. The average molecular weight is 367 g/mol. The molecule has 0 spiro atoms. The van der Waals surface area contributed by atoms with Crippen molar-refractivity contribution < 1.29 is 0 Å². The summed E-state index contributed by atoms with van der Waals surface area (Å²) in [5, 5.41) is 17.5. The van der Waals surface area contributed by atoms with E-state index in [0.717, 1.165) is 11.1 Å². The summed E-state index contributed by atoms with van der Waals surface area (Å²) in [5.74, 6) is 0.142. The van der Waals surface area contributed by atoms with E-state index >= 15 is 0 Å². The van der Waals surface area contributed by atoms with E-state index in [2.05, 4.69) is 51.5 Å². The summed E-state index contributed by atoms with van der Waals surface area (Å²) in [4.78, 5) is 8.58. The Bertz CT molecular complexity index is 1190. The van der Waals surface area contributed by atoms with Gasteiger partial charge in [-0.1, -0.05) is 47.2 Å². The molecule has 4 rings (SSSR count). The van der Waals surface area contributed by atoms with Gasteiger partial charge >= 0.3 is 0 Å². The Morgan fingerprint density at radius 2 is 1.82 bits per heavy atom. The van der Waals surface area contributed by atoms with Gasteiger partial charge in [-0.05, 0) is 30.7 Å². The van der Waals surface area contributed by atoms with Gasteiger partial charge in [0, 0.05) is 5.56 Å². The van der Waals surface area contributed by atoms with Crippen LogP contribution in [0.25, 0.3) is 22.6 Å². The summed E-state index contributed by atoms with van der Waals surface area (Å²) in [7, 11) is 0. The predicted octanol–water partition coefficient (Wildman–Crippen LogP) is 3.21. The zero-order chi connectivity index (χ0) is 19.5. The second kappa shape index (κ2) is 7.29. The fourth-order valence-electron chi connectivity index (χ4n) is 2.98. The number of hydrogen-bond acceptors (Lipinski definition) is 6. The SMILES string of the molecule is Cc1cccc(Cn2cc(-c3cc(-c4cccc(C#N)c4)nc(N)n3)nn2)c1. The Balaban J connectivity index is 1.65. The van der Waals surface area contributed by atoms with Crippen molar-refractivity contribution >= 4 is 5.95 Å². The molecule has 0 amide bonds. The Hall–Kier alpha value is -4.05. The van der Waals surface area contributed by atoms with Gasteiger partial charge in [0.25, 0.3) is 0 Å². The van der Waals surface area contributed by atoms with E-state index < -0.39 is 0 Å². The van der Waals surface area contributed by atoms with Crippen LogP contribution in [-0.2, 0) is 6.54 Å². The monoisotopic (exact) mass is 367 g/mol. The lowest BCUT2D eigenvalue weighted by atomic mass is 10.1. The van der Waals surface area contributed by atoms with Crippen LogP contribution in [-0.4, -0.2) is 25.0 Å². The van der Waals surface area contributed by atoms with Gasteiger partial charge in [0.1, 0.15) is 5.69 Å². The first-order valence-electron chi connectivity index (χ1n) is 8.72. The second-order valence-electron chi connectivity index (χ2n) is 6.48. The van der Waals surface area contributed by atoms with Crippen LogP contribution in [0.3, 0.4) is 0 Å². The first-order valence-corrected chi connectivity index (χ1v) is 8.72. The third-order valence-corrected chi connectivity index (χ3v) is 4.26. The van der Waals surface area contributed by atoms with Crippen LogP contribution in [0.15, 0.2) is 60.8 Å². The second-order valence-corrected chi connectivity index (χ2v) is 6.48. The summed E-state index contributed by atoms with van der Waals surface area (Å²) in [5.41, 5.74) is 11.4. The number of nitrogens with zero attached hydrogens (tertiary/aromatic N) is 6. The van der Waals surface area contributed by atoms with Gasteiger partial charge in [0.2, 0.25) is 5.95 Å². The molecule has 2 aromatic carbocycles. The van der Waals surface area contributed by atoms with E-state index in [0.29, 0.717) is 29.2 Å². The predicted molar refractivity (Wildman–Crippen MR) is 106 cm³/mol. The standard InChI is InChI=1S/C21H17N7/c1-14-4-2-6-16(8-14)12-28-13-20(26-27-28)19-10-18(24-21(23)25-19)17-7-3-5-15(9-17)11-22/h2-10,13H,12H2,1H3,(H2,23,24,25). The number of aromatic nitrogens is 5. The zero-order valence-corrected chi connectivity index (χ0v) is 15.2. The van der Waals surface area contributed by atoms with Crippen LogP contribution in [0.2, 0.25) is 0 Å². The van der Waals surface area contributed by atoms with Gasteiger partial charge in [0.05, 0.1) is 35.8 Å². The van der Waals surface area contributed by atoms with Crippen LogP contribution < -0.4 is 5.73 Å². The smallest absolute Gasteiger partial charge is 0.221 e. The van der Waals surface area contributed by atoms with E-state index in [-0.39, 0.29) is 5.95 Å². The number of aryl methyl sites for hydroxylation is 1. The highest BCUT2D eigenvalue weighted by molar-refractivity contribution is 5.68. The number of nitriles is 1. The highest BCUT2D eigenvalue weighted by atomic mass is 15.4. The molecule has 0 aliphatic carbocycles. The number of rotatable bonds is 4. The van der Waals surface area contributed by atoms with Crippen molar-refractivity contribution in [2.24, 2.45) is 0 Å². The fourth-order valence-corrected chi connectivity index (χ4v) is 2.98. The van der Waals surface area contributed by atoms with Gasteiger partial charge < -0.3 is 5.73 Å². The van der Waals surface area contributed by atoms with Crippen molar-refractivity contribution in [3.8, 4) is 28.7 Å². The van der Waals surface area contributed by atoms with Crippen molar-refractivity contribution in [3.05, 3.63) is 77.5 Å². The molecule has 0 unspecified atom stereocenters. The lowest BCUT2D eigenvalue weighted by molar-refractivity contribution is 0.649. The molecule has 28 heavy (non-hydrogen) atoms. The van der Waals surface area contributed by atoms with E-state index in [1.165, 1.54) is 5.56 Å². The topological polar surface area (TPSA) is 106 Å². The number of nitrogen functional groups attached to an aromatic ring is 1. The summed E-state index contributed by atoms with van der Waals surface area (Å²) in [6.07, 6.45) is 1.83. The molecule has 2 aromatic heterocycles. The first kappa shape index (κ1) is 17.4. The Morgan fingerprint density at radius 3 is 2.64 bits per heavy atom. The van der Waals surface area contributed by atoms with Gasteiger partial charge in [0.15, 0.2) is 0 Å². The lowest BCUT2D eigenvalue weighted by Gasteiger charge is -2.05.